The Hall–Kier alpha value is -2.15. The van der Waals surface area contributed by atoms with Crippen molar-refractivity contribution in [3.05, 3.63) is 24.3 Å². The lowest BCUT2D eigenvalue weighted by molar-refractivity contribution is -0.120. The van der Waals surface area contributed by atoms with Gasteiger partial charge in [-0.05, 0) is 25.7 Å². The van der Waals surface area contributed by atoms with Crippen LogP contribution in [0.5, 0.6) is 5.88 Å². The predicted octanol–water partition coefficient (Wildman–Crippen LogP) is 3.13. The minimum absolute atomic E-state index is 0.0262. The maximum absolute atomic E-state index is 12.6. The fraction of sp³-hybridized carbons (Fsp3) is 0.375. The smallest absolute Gasteiger partial charge is 0.247 e. The number of amides is 1. The normalized spacial score (nSPS) is 16.1. The Morgan fingerprint density at radius 1 is 1.35 bits per heavy atom. The van der Waals surface area contributed by atoms with Crippen LogP contribution >= 0.6 is 11.8 Å². The molecule has 0 saturated carbocycles. The number of rotatable bonds is 3. The number of carbonyl (C=O) groups excluding carboxylic acids is 1. The van der Waals surface area contributed by atoms with E-state index in [0.29, 0.717) is 23.2 Å². The molecule has 0 bridgehead atoms. The minimum Gasteiger partial charge on any atom is -0.452 e. The molecule has 7 heteroatoms. The Kier molecular flexibility index (Phi) is 4.47. The van der Waals surface area contributed by atoms with Crippen molar-refractivity contribution >= 4 is 23.4 Å². The Balaban J connectivity index is 2.16. The van der Waals surface area contributed by atoms with Crippen LogP contribution in [0, 0.1) is 0 Å². The first-order chi connectivity index (χ1) is 11.2. The van der Waals surface area contributed by atoms with Crippen molar-refractivity contribution in [1.29, 1.82) is 0 Å². The van der Waals surface area contributed by atoms with Gasteiger partial charge in [-0.25, -0.2) is 0 Å². The number of carbonyl (C=O) groups is 1. The lowest BCUT2D eigenvalue weighted by Gasteiger charge is -2.27. The van der Waals surface area contributed by atoms with Gasteiger partial charge in [-0.2, -0.15) is 4.98 Å². The molecule has 1 aromatic heterocycles. The number of fused-ring (bicyclic) bond motifs is 3. The summed E-state index contributed by atoms with van der Waals surface area (Å²) in [5.41, 5.74) is 2.16. The first-order valence-electron chi connectivity index (χ1n) is 7.52. The van der Waals surface area contributed by atoms with Crippen LogP contribution in [0.2, 0.25) is 0 Å². The largest absolute Gasteiger partial charge is 0.452 e. The molecule has 0 spiro atoms. The molecule has 1 amide bonds. The highest BCUT2D eigenvalue weighted by atomic mass is 32.2. The number of anilines is 1. The molecule has 2 aromatic rings. The van der Waals surface area contributed by atoms with Gasteiger partial charge in [0.15, 0.2) is 11.9 Å². The number of ether oxygens (including phenoxy) is 1. The molecule has 6 nitrogen and oxygen atoms in total. The Morgan fingerprint density at radius 3 is 2.87 bits per heavy atom. The number of hydrogen-bond donors (Lipinski definition) is 0. The third kappa shape index (κ3) is 2.88. The molecular formula is C16H18N4O2S. The zero-order valence-electron chi connectivity index (χ0n) is 13.3. The summed E-state index contributed by atoms with van der Waals surface area (Å²) < 4.78 is 5.94. The molecule has 0 fully saturated rings. The van der Waals surface area contributed by atoms with E-state index in [1.165, 1.54) is 11.8 Å². The molecule has 1 aliphatic heterocycles. The van der Waals surface area contributed by atoms with Gasteiger partial charge in [-0.1, -0.05) is 36.9 Å². The van der Waals surface area contributed by atoms with Crippen molar-refractivity contribution in [1.82, 2.24) is 15.2 Å². The first kappa shape index (κ1) is 15.7. The summed E-state index contributed by atoms with van der Waals surface area (Å²) in [4.78, 5) is 18.7. The molecule has 3 rings (SSSR count). The van der Waals surface area contributed by atoms with E-state index in [1.807, 2.05) is 44.4 Å². The molecule has 120 valence electrons. The van der Waals surface area contributed by atoms with Crippen molar-refractivity contribution in [3.8, 4) is 17.1 Å². The standard InChI is InChI=1S/C16H18N4O2S/c1-4-7-13(21)20-10(2)22-15-14(18-19-16(17-15)23-3)11-8-5-6-9-12(11)20/h5-6,8-10H,4,7H2,1-3H3/t10-/m1/s1. The summed E-state index contributed by atoms with van der Waals surface area (Å²) >= 11 is 1.40. The van der Waals surface area contributed by atoms with Gasteiger partial charge < -0.3 is 4.74 Å². The number of para-hydroxylation sites is 1. The Labute approximate surface area is 139 Å². The Bertz CT molecular complexity index is 738. The highest BCUT2D eigenvalue weighted by Gasteiger charge is 2.31. The van der Waals surface area contributed by atoms with Crippen LogP contribution in [0.1, 0.15) is 26.7 Å². The molecule has 0 radical (unpaired) electrons. The highest BCUT2D eigenvalue weighted by molar-refractivity contribution is 7.98. The van der Waals surface area contributed by atoms with Gasteiger partial charge >= 0.3 is 0 Å². The number of aromatic nitrogens is 3. The lowest BCUT2D eigenvalue weighted by Crippen LogP contribution is -2.41. The van der Waals surface area contributed by atoms with Crippen molar-refractivity contribution in [3.63, 3.8) is 0 Å². The molecule has 23 heavy (non-hydrogen) atoms. The zero-order valence-corrected chi connectivity index (χ0v) is 14.1. The quantitative estimate of drug-likeness (QED) is 0.805. The van der Waals surface area contributed by atoms with E-state index in [-0.39, 0.29) is 5.91 Å². The summed E-state index contributed by atoms with van der Waals surface area (Å²) in [6, 6.07) is 7.63. The molecule has 1 aromatic carbocycles. The average Bonchev–Trinajstić information content (AvgIpc) is 2.67. The van der Waals surface area contributed by atoms with Gasteiger partial charge in [0.25, 0.3) is 0 Å². The molecular weight excluding hydrogens is 312 g/mol. The maximum atomic E-state index is 12.6. The number of hydrogen-bond acceptors (Lipinski definition) is 6. The van der Waals surface area contributed by atoms with E-state index >= 15 is 0 Å². The second-order valence-electron chi connectivity index (χ2n) is 5.20. The molecule has 0 saturated heterocycles. The van der Waals surface area contributed by atoms with Crippen molar-refractivity contribution in [2.24, 2.45) is 0 Å². The number of nitrogens with zero attached hydrogens (tertiary/aromatic N) is 4. The average molecular weight is 330 g/mol. The zero-order chi connectivity index (χ0) is 16.4. The van der Waals surface area contributed by atoms with Crippen LogP contribution in [-0.2, 0) is 4.79 Å². The van der Waals surface area contributed by atoms with E-state index in [2.05, 4.69) is 15.2 Å². The van der Waals surface area contributed by atoms with E-state index < -0.39 is 6.23 Å². The number of thioether (sulfide) groups is 1. The van der Waals surface area contributed by atoms with Crippen LogP contribution in [-0.4, -0.2) is 33.6 Å². The summed E-state index contributed by atoms with van der Waals surface area (Å²) in [6.07, 6.45) is 2.68. The molecule has 2 heterocycles. The van der Waals surface area contributed by atoms with Gasteiger partial charge in [0.1, 0.15) is 0 Å². The molecule has 0 N–H and O–H groups in total. The first-order valence-corrected chi connectivity index (χ1v) is 8.75. The van der Waals surface area contributed by atoms with E-state index in [9.17, 15) is 4.79 Å². The second kappa shape index (κ2) is 6.54. The molecule has 0 aliphatic carbocycles. The summed E-state index contributed by atoms with van der Waals surface area (Å²) in [6.45, 7) is 3.83. The molecule has 0 unspecified atom stereocenters. The fourth-order valence-electron chi connectivity index (χ4n) is 2.60. The maximum Gasteiger partial charge on any atom is 0.247 e. The van der Waals surface area contributed by atoms with Gasteiger partial charge in [0, 0.05) is 12.0 Å². The van der Waals surface area contributed by atoms with Crippen LogP contribution in [0.25, 0.3) is 11.3 Å². The monoisotopic (exact) mass is 330 g/mol. The van der Waals surface area contributed by atoms with E-state index in [0.717, 1.165) is 17.7 Å². The molecule has 1 aliphatic rings. The van der Waals surface area contributed by atoms with Gasteiger partial charge in [-0.3, -0.25) is 9.69 Å². The van der Waals surface area contributed by atoms with Crippen LogP contribution in [0.4, 0.5) is 5.69 Å². The topological polar surface area (TPSA) is 68.2 Å². The minimum atomic E-state index is -0.456. The van der Waals surface area contributed by atoms with Crippen molar-refractivity contribution in [2.45, 2.75) is 38.1 Å². The third-order valence-corrected chi connectivity index (χ3v) is 4.15. The fourth-order valence-corrected chi connectivity index (χ4v) is 2.90. The number of benzene rings is 1. The lowest BCUT2D eigenvalue weighted by atomic mass is 10.1. The second-order valence-corrected chi connectivity index (χ2v) is 5.97. The SMILES string of the molecule is CCCC(=O)N1c2ccccc2-c2nnc(SC)nc2O[C@@H]1C. The Morgan fingerprint density at radius 2 is 2.13 bits per heavy atom. The van der Waals surface area contributed by atoms with Crippen LogP contribution < -0.4 is 9.64 Å². The van der Waals surface area contributed by atoms with Crippen molar-refractivity contribution in [2.75, 3.05) is 11.2 Å². The van der Waals surface area contributed by atoms with Gasteiger partial charge in [0.2, 0.25) is 16.9 Å². The predicted molar refractivity (Wildman–Crippen MR) is 89.5 cm³/mol. The van der Waals surface area contributed by atoms with E-state index in [1.54, 1.807) is 4.90 Å². The molecule has 1 atom stereocenters. The van der Waals surface area contributed by atoms with E-state index in [4.69, 9.17) is 4.74 Å². The summed E-state index contributed by atoms with van der Waals surface area (Å²) in [5.74, 6) is 0.439. The van der Waals surface area contributed by atoms with Crippen LogP contribution in [0.3, 0.4) is 0 Å². The third-order valence-electron chi connectivity index (χ3n) is 3.61. The van der Waals surface area contributed by atoms with Gasteiger partial charge in [0.05, 0.1) is 5.69 Å². The van der Waals surface area contributed by atoms with Crippen LogP contribution in [0.15, 0.2) is 29.4 Å². The highest BCUT2D eigenvalue weighted by Crippen LogP contribution is 2.39. The summed E-state index contributed by atoms with van der Waals surface area (Å²) in [5, 5.41) is 8.91. The van der Waals surface area contributed by atoms with Crippen molar-refractivity contribution < 1.29 is 9.53 Å². The van der Waals surface area contributed by atoms with Gasteiger partial charge in [-0.15, -0.1) is 10.2 Å². The summed E-state index contributed by atoms with van der Waals surface area (Å²) in [7, 11) is 0.